The lowest BCUT2D eigenvalue weighted by Gasteiger charge is -2.28. The topological polar surface area (TPSA) is 46.2 Å². The molecular formula is C12H17NO. The SMILES string of the molecule is NC(CO)C1CCc2ccccc2C1. The van der Waals surface area contributed by atoms with Gasteiger partial charge in [-0.3, -0.25) is 0 Å². The Kier molecular flexibility index (Phi) is 2.85. The van der Waals surface area contributed by atoms with Crippen molar-refractivity contribution >= 4 is 0 Å². The maximum Gasteiger partial charge on any atom is 0.0585 e. The molecule has 0 fully saturated rings. The van der Waals surface area contributed by atoms with Crippen LogP contribution in [0.2, 0.25) is 0 Å². The fourth-order valence-corrected chi connectivity index (χ4v) is 2.24. The van der Waals surface area contributed by atoms with Crippen LogP contribution in [0.3, 0.4) is 0 Å². The van der Waals surface area contributed by atoms with Gasteiger partial charge in [0.25, 0.3) is 0 Å². The third-order valence-corrected chi connectivity index (χ3v) is 3.20. The largest absolute Gasteiger partial charge is 0.395 e. The second-order valence-corrected chi connectivity index (χ2v) is 4.12. The van der Waals surface area contributed by atoms with Gasteiger partial charge in [-0.25, -0.2) is 0 Å². The van der Waals surface area contributed by atoms with Gasteiger partial charge < -0.3 is 10.8 Å². The van der Waals surface area contributed by atoms with Crippen molar-refractivity contribution in [2.75, 3.05) is 6.61 Å². The van der Waals surface area contributed by atoms with Crippen molar-refractivity contribution in [3.05, 3.63) is 35.4 Å². The predicted molar refractivity (Wildman–Crippen MR) is 57.0 cm³/mol. The van der Waals surface area contributed by atoms with Crippen molar-refractivity contribution in [3.8, 4) is 0 Å². The molecule has 2 nitrogen and oxygen atoms in total. The van der Waals surface area contributed by atoms with E-state index < -0.39 is 0 Å². The molecule has 2 rings (SSSR count). The van der Waals surface area contributed by atoms with Crippen molar-refractivity contribution in [1.29, 1.82) is 0 Å². The highest BCUT2D eigenvalue weighted by Crippen LogP contribution is 2.26. The molecule has 0 aromatic heterocycles. The van der Waals surface area contributed by atoms with E-state index in [1.807, 2.05) is 0 Å². The van der Waals surface area contributed by atoms with Crippen LogP contribution in [0, 0.1) is 5.92 Å². The van der Waals surface area contributed by atoms with Crippen LogP contribution in [-0.4, -0.2) is 17.8 Å². The van der Waals surface area contributed by atoms with Gasteiger partial charge in [0, 0.05) is 6.04 Å². The van der Waals surface area contributed by atoms with Crippen molar-refractivity contribution in [1.82, 2.24) is 0 Å². The third kappa shape index (κ3) is 1.81. The number of hydrogen-bond acceptors (Lipinski definition) is 2. The lowest BCUT2D eigenvalue weighted by Crippen LogP contribution is -2.36. The maximum atomic E-state index is 9.01. The van der Waals surface area contributed by atoms with E-state index in [4.69, 9.17) is 10.8 Å². The minimum absolute atomic E-state index is 0.0524. The fraction of sp³-hybridized carbons (Fsp3) is 0.500. The second-order valence-electron chi connectivity index (χ2n) is 4.12. The van der Waals surface area contributed by atoms with Crippen LogP contribution in [0.15, 0.2) is 24.3 Å². The number of aliphatic hydroxyl groups is 1. The molecule has 0 spiro atoms. The molecule has 14 heavy (non-hydrogen) atoms. The molecule has 0 bridgehead atoms. The van der Waals surface area contributed by atoms with Gasteiger partial charge in [-0.15, -0.1) is 0 Å². The van der Waals surface area contributed by atoms with Crippen molar-refractivity contribution in [2.24, 2.45) is 11.7 Å². The zero-order valence-corrected chi connectivity index (χ0v) is 8.32. The molecule has 0 radical (unpaired) electrons. The zero-order chi connectivity index (χ0) is 9.97. The molecule has 0 amide bonds. The van der Waals surface area contributed by atoms with Gasteiger partial charge in [-0.05, 0) is 36.3 Å². The van der Waals surface area contributed by atoms with Gasteiger partial charge in [0.2, 0.25) is 0 Å². The zero-order valence-electron chi connectivity index (χ0n) is 8.32. The van der Waals surface area contributed by atoms with Gasteiger partial charge in [-0.1, -0.05) is 24.3 Å². The highest BCUT2D eigenvalue weighted by atomic mass is 16.3. The Labute approximate surface area is 84.7 Å². The van der Waals surface area contributed by atoms with Crippen molar-refractivity contribution in [2.45, 2.75) is 25.3 Å². The smallest absolute Gasteiger partial charge is 0.0585 e. The normalized spacial score (nSPS) is 22.9. The van der Waals surface area contributed by atoms with Gasteiger partial charge in [0.05, 0.1) is 6.61 Å². The van der Waals surface area contributed by atoms with E-state index >= 15 is 0 Å². The maximum absolute atomic E-state index is 9.01. The summed E-state index contributed by atoms with van der Waals surface area (Å²) in [5.41, 5.74) is 8.72. The summed E-state index contributed by atoms with van der Waals surface area (Å²) in [6.07, 6.45) is 3.24. The number of rotatable bonds is 2. The van der Waals surface area contributed by atoms with Crippen LogP contribution >= 0.6 is 0 Å². The number of nitrogens with two attached hydrogens (primary N) is 1. The Morgan fingerprint density at radius 2 is 2.07 bits per heavy atom. The lowest BCUT2D eigenvalue weighted by molar-refractivity contribution is 0.216. The molecular weight excluding hydrogens is 174 g/mol. The molecule has 0 saturated carbocycles. The predicted octanol–water partition coefficient (Wildman–Crippen LogP) is 1.11. The Balaban J connectivity index is 2.13. The fourth-order valence-electron chi connectivity index (χ4n) is 2.24. The summed E-state index contributed by atoms with van der Waals surface area (Å²) in [5.74, 6) is 0.454. The van der Waals surface area contributed by atoms with Gasteiger partial charge >= 0.3 is 0 Å². The van der Waals surface area contributed by atoms with E-state index in [1.54, 1.807) is 0 Å². The first-order valence-electron chi connectivity index (χ1n) is 5.24. The first-order chi connectivity index (χ1) is 6.81. The molecule has 1 aromatic carbocycles. The molecule has 1 aromatic rings. The molecule has 2 heteroatoms. The van der Waals surface area contributed by atoms with E-state index in [1.165, 1.54) is 11.1 Å². The van der Waals surface area contributed by atoms with Crippen molar-refractivity contribution in [3.63, 3.8) is 0 Å². The Morgan fingerprint density at radius 3 is 2.79 bits per heavy atom. The average molecular weight is 191 g/mol. The van der Waals surface area contributed by atoms with E-state index in [-0.39, 0.29) is 12.6 Å². The van der Waals surface area contributed by atoms with Crippen LogP contribution in [0.5, 0.6) is 0 Å². The molecule has 76 valence electrons. The number of benzene rings is 1. The molecule has 1 aliphatic rings. The van der Waals surface area contributed by atoms with Crippen LogP contribution in [0.4, 0.5) is 0 Å². The molecule has 2 atom stereocenters. The molecule has 1 aliphatic carbocycles. The molecule has 0 heterocycles. The van der Waals surface area contributed by atoms with Gasteiger partial charge in [0.1, 0.15) is 0 Å². The highest BCUT2D eigenvalue weighted by Gasteiger charge is 2.22. The first kappa shape index (κ1) is 9.69. The summed E-state index contributed by atoms with van der Waals surface area (Å²) >= 11 is 0. The van der Waals surface area contributed by atoms with Gasteiger partial charge in [0.15, 0.2) is 0 Å². The van der Waals surface area contributed by atoms with E-state index in [9.17, 15) is 0 Å². The third-order valence-electron chi connectivity index (χ3n) is 3.20. The Morgan fingerprint density at radius 1 is 1.36 bits per heavy atom. The van der Waals surface area contributed by atoms with Crippen molar-refractivity contribution < 1.29 is 5.11 Å². The number of fused-ring (bicyclic) bond motifs is 1. The summed E-state index contributed by atoms with van der Waals surface area (Å²) in [6.45, 7) is 0.104. The highest BCUT2D eigenvalue weighted by molar-refractivity contribution is 5.29. The van der Waals surface area contributed by atoms with Gasteiger partial charge in [-0.2, -0.15) is 0 Å². The minimum atomic E-state index is -0.0524. The number of hydrogen-bond donors (Lipinski definition) is 2. The molecule has 0 aliphatic heterocycles. The van der Waals surface area contributed by atoms with Crippen LogP contribution in [0.25, 0.3) is 0 Å². The lowest BCUT2D eigenvalue weighted by atomic mass is 9.80. The second kappa shape index (κ2) is 4.11. The summed E-state index contributed by atoms with van der Waals surface area (Å²) in [7, 11) is 0. The Bertz CT molecular complexity index is 311. The summed E-state index contributed by atoms with van der Waals surface area (Å²) in [5, 5.41) is 9.01. The van der Waals surface area contributed by atoms with Crippen LogP contribution in [-0.2, 0) is 12.8 Å². The van der Waals surface area contributed by atoms with E-state index in [2.05, 4.69) is 24.3 Å². The summed E-state index contributed by atoms with van der Waals surface area (Å²) in [4.78, 5) is 0. The first-order valence-corrected chi connectivity index (χ1v) is 5.24. The average Bonchev–Trinajstić information content (AvgIpc) is 2.27. The molecule has 2 unspecified atom stereocenters. The number of aliphatic hydroxyl groups excluding tert-OH is 1. The monoisotopic (exact) mass is 191 g/mol. The summed E-state index contributed by atoms with van der Waals surface area (Å²) in [6, 6.07) is 8.47. The van der Waals surface area contributed by atoms with E-state index in [0.29, 0.717) is 5.92 Å². The minimum Gasteiger partial charge on any atom is -0.395 e. The Hall–Kier alpha value is -0.860. The van der Waals surface area contributed by atoms with Crippen LogP contribution < -0.4 is 5.73 Å². The molecule has 3 N–H and O–H groups in total. The van der Waals surface area contributed by atoms with Crippen LogP contribution in [0.1, 0.15) is 17.5 Å². The summed E-state index contributed by atoms with van der Waals surface area (Å²) < 4.78 is 0. The van der Waals surface area contributed by atoms with E-state index in [0.717, 1.165) is 19.3 Å². The quantitative estimate of drug-likeness (QED) is 0.735. The number of aryl methyl sites for hydroxylation is 1. The molecule has 0 saturated heterocycles. The standard InChI is InChI=1S/C12H17NO/c13-12(8-14)11-6-5-9-3-1-2-4-10(9)7-11/h1-4,11-12,14H,5-8,13H2.